The average molecular weight is 274 g/mol. The standard InChI is InChI=1S/C13H17Cl2NO/c1-4-16-10-7-13(2,3)17-11-6-8(14)5-9(15)12(10)11/h5-6,10,16H,4,7H2,1-3H3. The van der Waals surface area contributed by atoms with Crippen molar-refractivity contribution >= 4 is 23.2 Å². The summed E-state index contributed by atoms with van der Waals surface area (Å²) < 4.78 is 5.95. The second-order valence-corrected chi connectivity index (χ2v) is 5.82. The van der Waals surface area contributed by atoms with Gasteiger partial charge in [0.15, 0.2) is 0 Å². The van der Waals surface area contributed by atoms with Crippen molar-refractivity contribution in [2.24, 2.45) is 0 Å². The van der Waals surface area contributed by atoms with Crippen LogP contribution in [0.1, 0.15) is 38.8 Å². The third-order valence-corrected chi connectivity index (χ3v) is 3.47. The molecule has 17 heavy (non-hydrogen) atoms. The lowest BCUT2D eigenvalue weighted by Crippen LogP contribution is -2.39. The molecule has 2 rings (SSSR count). The number of hydrogen-bond donors (Lipinski definition) is 1. The molecule has 0 saturated heterocycles. The summed E-state index contributed by atoms with van der Waals surface area (Å²) >= 11 is 12.3. The molecule has 1 heterocycles. The minimum Gasteiger partial charge on any atom is -0.487 e. The predicted octanol–water partition coefficient (Wildman–Crippen LogP) is 4.21. The Labute approximate surface area is 112 Å². The zero-order valence-corrected chi connectivity index (χ0v) is 11.8. The second kappa shape index (κ2) is 4.68. The number of fused-ring (bicyclic) bond motifs is 1. The summed E-state index contributed by atoms with van der Waals surface area (Å²) in [6.07, 6.45) is 0.898. The topological polar surface area (TPSA) is 21.3 Å². The molecule has 1 atom stereocenters. The molecule has 0 bridgehead atoms. The van der Waals surface area contributed by atoms with E-state index in [9.17, 15) is 0 Å². The van der Waals surface area contributed by atoms with Crippen LogP contribution in [0.5, 0.6) is 5.75 Å². The van der Waals surface area contributed by atoms with E-state index in [2.05, 4.69) is 26.1 Å². The molecule has 0 saturated carbocycles. The summed E-state index contributed by atoms with van der Waals surface area (Å²) in [5.41, 5.74) is 0.825. The zero-order valence-electron chi connectivity index (χ0n) is 10.3. The third-order valence-electron chi connectivity index (χ3n) is 2.94. The Kier molecular flexibility index (Phi) is 3.58. The van der Waals surface area contributed by atoms with Gasteiger partial charge in [-0.2, -0.15) is 0 Å². The third kappa shape index (κ3) is 2.70. The molecule has 1 unspecified atom stereocenters. The van der Waals surface area contributed by atoms with E-state index in [1.54, 1.807) is 6.07 Å². The second-order valence-electron chi connectivity index (χ2n) is 4.98. The van der Waals surface area contributed by atoms with Crippen molar-refractivity contribution in [3.63, 3.8) is 0 Å². The maximum atomic E-state index is 6.27. The van der Waals surface area contributed by atoms with E-state index < -0.39 is 0 Å². The number of halogens is 2. The van der Waals surface area contributed by atoms with Gasteiger partial charge in [-0.1, -0.05) is 30.1 Å². The van der Waals surface area contributed by atoms with Crippen molar-refractivity contribution in [2.75, 3.05) is 6.54 Å². The molecule has 0 fully saturated rings. The van der Waals surface area contributed by atoms with Crippen LogP contribution in [0.15, 0.2) is 12.1 Å². The fourth-order valence-electron chi connectivity index (χ4n) is 2.34. The first-order valence-electron chi connectivity index (χ1n) is 5.84. The Bertz CT molecular complexity index is 432. The largest absolute Gasteiger partial charge is 0.487 e. The number of rotatable bonds is 2. The van der Waals surface area contributed by atoms with E-state index in [0.717, 1.165) is 24.3 Å². The minimum absolute atomic E-state index is 0.201. The van der Waals surface area contributed by atoms with Crippen molar-refractivity contribution < 1.29 is 4.74 Å². The van der Waals surface area contributed by atoms with Crippen molar-refractivity contribution in [1.82, 2.24) is 5.32 Å². The highest BCUT2D eigenvalue weighted by Gasteiger charge is 2.34. The highest BCUT2D eigenvalue weighted by atomic mass is 35.5. The first-order chi connectivity index (χ1) is 7.93. The lowest BCUT2D eigenvalue weighted by molar-refractivity contribution is 0.0665. The predicted molar refractivity (Wildman–Crippen MR) is 72.2 cm³/mol. The van der Waals surface area contributed by atoms with Gasteiger partial charge in [-0.05, 0) is 32.5 Å². The van der Waals surface area contributed by atoms with E-state index in [4.69, 9.17) is 27.9 Å². The van der Waals surface area contributed by atoms with E-state index in [1.165, 1.54) is 0 Å². The van der Waals surface area contributed by atoms with Gasteiger partial charge in [-0.3, -0.25) is 0 Å². The van der Waals surface area contributed by atoms with Crippen LogP contribution in [0.25, 0.3) is 0 Å². The van der Waals surface area contributed by atoms with Gasteiger partial charge in [-0.25, -0.2) is 0 Å². The van der Waals surface area contributed by atoms with Gasteiger partial charge >= 0.3 is 0 Å². The van der Waals surface area contributed by atoms with Crippen LogP contribution in [-0.4, -0.2) is 12.1 Å². The normalized spacial score (nSPS) is 21.8. The number of hydrogen-bond acceptors (Lipinski definition) is 2. The van der Waals surface area contributed by atoms with Crippen molar-refractivity contribution in [2.45, 2.75) is 38.8 Å². The van der Waals surface area contributed by atoms with Crippen LogP contribution >= 0.6 is 23.2 Å². The van der Waals surface area contributed by atoms with Crippen LogP contribution in [0, 0.1) is 0 Å². The Morgan fingerprint density at radius 2 is 2.12 bits per heavy atom. The van der Waals surface area contributed by atoms with E-state index in [-0.39, 0.29) is 11.6 Å². The number of benzene rings is 1. The molecule has 1 aliphatic heterocycles. The van der Waals surface area contributed by atoms with E-state index >= 15 is 0 Å². The molecule has 2 nitrogen and oxygen atoms in total. The molecule has 0 amide bonds. The van der Waals surface area contributed by atoms with E-state index in [0.29, 0.717) is 10.0 Å². The van der Waals surface area contributed by atoms with Gasteiger partial charge in [0.25, 0.3) is 0 Å². The molecule has 94 valence electrons. The number of nitrogens with one attached hydrogen (secondary N) is 1. The van der Waals surface area contributed by atoms with Gasteiger partial charge in [-0.15, -0.1) is 0 Å². The van der Waals surface area contributed by atoms with Crippen LogP contribution in [-0.2, 0) is 0 Å². The Hall–Kier alpha value is -0.440. The van der Waals surface area contributed by atoms with Crippen molar-refractivity contribution in [1.29, 1.82) is 0 Å². The maximum absolute atomic E-state index is 6.27. The Morgan fingerprint density at radius 1 is 1.41 bits per heavy atom. The van der Waals surface area contributed by atoms with Crippen LogP contribution in [0.3, 0.4) is 0 Å². The fourth-order valence-corrected chi connectivity index (χ4v) is 2.94. The quantitative estimate of drug-likeness (QED) is 0.872. The zero-order chi connectivity index (χ0) is 12.6. The highest BCUT2D eigenvalue weighted by Crippen LogP contribution is 2.44. The molecule has 0 radical (unpaired) electrons. The van der Waals surface area contributed by atoms with Gasteiger partial charge in [0.2, 0.25) is 0 Å². The Balaban J connectivity index is 2.48. The summed E-state index contributed by atoms with van der Waals surface area (Å²) in [5.74, 6) is 0.796. The van der Waals surface area contributed by atoms with Gasteiger partial charge in [0, 0.05) is 23.0 Å². The summed E-state index contributed by atoms with van der Waals surface area (Å²) in [5, 5.41) is 4.74. The van der Waals surface area contributed by atoms with Gasteiger partial charge < -0.3 is 10.1 Å². The maximum Gasteiger partial charge on any atom is 0.127 e. The van der Waals surface area contributed by atoms with E-state index in [1.807, 2.05) is 6.07 Å². The summed E-state index contributed by atoms with van der Waals surface area (Å²) in [6.45, 7) is 7.15. The molecular formula is C13H17Cl2NO. The summed E-state index contributed by atoms with van der Waals surface area (Å²) in [6, 6.07) is 3.84. The molecule has 1 aromatic carbocycles. The monoisotopic (exact) mass is 273 g/mol. The van der Waals surface area contributed by atoms with Crippen molar-refractivity contribution in [3.8, 4) is 5.75 Å². The number of ether oxygens (including phenoxy) is 1. The van der Waals surface area contributed by atoms with Crippen LogP contribution in [0.2, 0.25) is 10.0 Å². The highest BCUT2D eigenvalue weighted by molar-refractivity contribution is 6.35. The molecule has 4 heteroatoms. The smallest absolute Gasteiger partial charge is 0.127 e. The first-order valence-corrected chi connectivity index (χ1v) is 6.60. The molecular weight excluding hydrogens is 257 g/mol. The SMILES string of the molecule is CCNC1CC(C)(C)Oc2cc(Cl)cc(Cl)c21. The van der Waals surface area contributed by atoms with Crippen LogP contribution < -0.4 is 10.1 Å². The molecule has 0 spiro atoms. The average Bonchev–Trinajstić information content (AvgIpc) is 2.13. The van der Waals surface area contributed by atoms with Gasteiger partial charge in [0.05, 0.1) is 5.02 Å². The molecule has 1 aliphatic rings. The Morgan fingerprint density at radius 3 is 2.76 bits per heavy atom. The summed E-state index contributed by atoms with van der Waals surface area (Å²) in [7, 11) is 0. The molecule has 1 N–H and O–H groups in total. The minimum atomic E-state index is -0.201. The molecule has 0 aromatic heterocycles. The fraction of sp³-hybridized carbons (Fsp3) is 0.538. The molecule has 0 aliphatic carbocycles. The summed E-state index contributed by atoms with van der Waals surface area (Å²) in [4.78, 5) is 0. The van der Waals surface area contributed by atoms with Crippen molar-refractivity contribution in [3.05, 3.63) is 27.7 Å². The van der Waals surface area contributed by atoms with Crippen LogP contribution in [0.4, 0.5) is 0 Å². The first kappa shape index (κ1) is 13.0. The van der Waals surface area contributed by atoms with Gasteiger partial charge in [0.1, 0.15) is 11.4 Å². The lowest BCUT2D eigenvalue weighted by atomic mass is 9.89. The lowest BCUT2D eigenvalue weighted by Gasteiger charge is -2.38. The molecule has 1 aromatic rings.